The molecule has 0 saturated carbocycles. The first kappa shape index (κ1) is 19.1. The molecule has 2 heterocycles. The molecule has 1 N–H and O–H groups in total. The third-order valence-corrected chi connectivity index (χ3v) is 6.29. The zero-order valence-corrected chi connectivity index (χ0v) is 15.7. The minimum Gasteiger partial charge on any atom is -0.448 e. The molecule has 9 heteroatoms. The Morgan fingerprint density at radius 1 is 1.04 bits per heavy atom. The number of carbonyl (C=O) groups is 2. The highest BCUT2D eigenvalue weighted by molar-refractivity contribution is 7.89. The number of aromatic amines is 1. The maximum atomic E-state index is 12.6. The van der Waals surface area contributed by atoms with Crippen LogP contribution in [-0.2, 0) is 19.6 Å². The molecule has 1 aliphatic heterocycles. The van der Waals surface area contributed by atoms with Crippen LogP contribution in [0.1, 0.15) is 17.4 Å². The number of rotatable bonds is 5. The van der Waals surface area contributed by atoms with E-state index in [4.69, 9.17) is 4.74 Å². The molecule has 1 atom stereocenters. The number of aromatic nitrogens is 1. The van der Waals surface area contributed by atoms with E-state index in [1.54, 1.807) is 48.7 Å². The summed E-state index contributed by atoms with van der Waals surface area (Å²) in [5.41, 5.74) is 0.272. The van der Waals surface area contributed by atoms with Gasteiger partial charge in [-0.05, 0) is 31.2 Å². The fraction of sp³-hybridized carbons (Fsp3) is 0.333. The molecule has 1 aromatic heterocycles. The average molecular weight is 391 g/mol. The first-order chi connectivity index (χ1) is 12.9. The van der Waals surface area contributed by atoms with Gasteiger partial charge < -0.3 is 14.6 Å². The van der Waals surface area contributed by atoms with Crippen molar-refractivity contribution in [1.82, 2.24) is 14.2 Å². The molecule has 0 radical (unpaired) electrons. The van der Waals surface area contributed by atoms with Gasteiger partial charge in [0.1, 0.15) is 5.69 Å². The lowest BCUT2D eigenvalue weighted by Crippen LogP contribution is -2.52. The number of H-pyrrole nitrogens is 1. The van der Waals surface area contributed by atoms with Crippen LogP contribution in [0.25, 0.3) is 0 Å². The van der Waals surface area contributed by atoms with Gasteiger partial charge in [-0.2, -0.15) is 4.31 Å². The number of ether oxygens (including phenoxy) is 1. The molecule has 144 valence electrons. The Hall–Kier alpha value is -2.65. The Kier molecular flexibility index (Phi) is 5.62. The third-order valence-electron chi connectivity index (χ3n) is 4.38. The molecular formula is C18H21N3O5S. The van der Waals surface area contributed by atoms with E-state index in [1.165, 1.54) is 16.1 Å². The normalized spacial score (nSPS) is 16.7. The SMILES string of the molecule is C[C@@H](OC(=O)c1ccc[nH]1)C(=O)N1CCN(S(=O)(=O)c2ccccc2)CC1. The molecule has 1 amide bonds. The van der Waals surface area contributed by atoms with Crippen LogP contribution >= 0.6 is 0 Å². The van der Waals surface area contributed by atoms with Crippen LogP contribution < -0.4 is 0 Å². The Balaban J connectivity index is 1.57. The number of benzene rings is 1. The molecule has 1 aliphatic rings. The van der Waals surface area contributed by atoms with Crippen LogP contribution in [0.15, 0.2) is 53.6 Å². The largest absolute Gasteiger partial charge is 0.448 e. The third kappa shape index (κ3) is 4.20. The van der Waals surface area contributed by atoms with Gasteiger partial charge in [-0.3, -0.25) is 4.79 Å². The number of piperazine rings is 1. The van der Waals surface area contributed by atoms with Crippen molar-refractivity contribution in [1.29, 1.82) is 0 Å². The summed E-state index contributed by atoms with van der Waals surface area (Å²) in [5, 5.41) is 0. The van der Waals surface area contributed by atoms with E-state index in [1.807, 2.05) is 0 Å². The summed E-state index contributed by atoms with van der Waals surface area (Å²) in [7, 11) is -3.57. The van der Waals surface area contributed by atoms with Gasteiger partial charge in [0, 0.05) is 32.4 Å². The number of esters is 1. The van der Waals surface area contributed by atoms with Gasteiger partial charge in [-0.15, -0.1) is 0 Å². The second-order valence-corrected chi connectivity index (χ2v) is 8.11. The summed E-state index contributed by atoms with van der Waals surface area (Å²) in [6, 6.07) is 11.4. The molecule has 3 rings (SSSR count). The van der Waals surface area contributed by atoms with Gasteiger partial charge in [-0.25, -0.2) is 13.2 Å². The molecule has 27 heavy (non-hydrogen) atoms. The zero-order valence-electron chi connectivity index (χ0n) is 14.9. The highest BCUT2D eigenvalue weighted by Crippen LogP contribution is 2.18. The molecule has 0 bridgehead atoms. The molecule has 1 saturated heterocycles. The number of amides is 1. The number of nitrogens with one attached hydrogen (secondary N) is 1. The van der Waals surface area contributed by atoms with Gasteiger partial charge in [0.05, 0.1) is 4.90 Å². The zero-order chi connectivity index (χ0) is 19.4. The minimum atomic E-state index is -3.57. The van der Waals surface area contributed by atoms with Gasteiger partial charge in [0.2, 0.25) is 10.0 Å². The standard InChI is InChI=1S/C18H21N3O5S/c1-14(26-18(23)16-8-5-9-19-16)17(22)20-10-12-21(13-11-20)27(24,25)15-6-3-2-4-7-15/h2-9,14,19H,10-13H2,1H3/t14-/m1/s1. The quantitative estimate of drug-likeness (QED) is 0.769. The number of sulfonamides is 1. The summed E-state index contributed by atoms with van der Waals surface area (Å²) >= 11 is 0. The summed E-state index contributed by atoms with van der Waals surface area (Å²) in [5.74, 6) is -0.946. The van der Waals surface area contributed by atoms with E-state index in [2.05, 4.69) is 4.98 Å². The van der Waals surface area contributed by atoms with E-state index < -0.39 is 22.1 Å². The molecular weight excluding hydrogens is 370 g/mol. The lowest BCUT2D eigenvalue weighted by atomic mass is 10.3. The van der Waals surface area contributed by atoms with Crippen molar-refractivity contribution < 1.29 is 22.7 Å². The summed E-state index contributed by atoms with van der Waals surface area (Å²) in [6.45, 7) is 2.39. The summed E-state index contributed by atoms with van der Waals surface area (Å²) in [4.78, 5) is 28.9. The Morgan fingerprint density at radius 2 is 1.70 bits per heavy atom. The summed E-state index contributed by atoms with van der Waals surface area (Å²) < 4.78 is 31.8. The van der Waals surface area contributed by atoms with E-state index in [0.29, 0.717) is 0 Å². The highest BCUT2D eigenvalue weighted by Gasteiger charge is 2.32. The second kappa shape index (κ2) is 7.93. The number of nitrogens with zero attached hydrogens (tertiary/aromatic N) is 2. The lowest BCUT2D eigenvalue weighted by Gasteiger charge is -2.35. The predicted molar refractivity (Wildman–Crippen MR) is 97.5 cm³/mol. The highest BCUT2D eigenvalue weighted by atomic mass is 32.2. The second-order valence-electron chi connectivity index (χ2n) is 6.17. The fourth-order valence-corrected chi connectivity index (χ4v) is 4.32. The minimum absolute atomic E-state index is 0.195. The molecule has 1 aromatic carbocycles. The van der Waals surface area contributed by atoms with Gasteiger partial charge >= 0.3 is 5.97 Å². The van der Waals surface area contributed by atoms with E-state index in [0.717, 1.165) is 0 Å². The van der Waals surface area contributed by atoms with Crippen molar-refractivity contribution in [2.75, 3.05) is 26.2 Å². The lowest BCUT2D eigenvalue weighted by molar-refractivity contribution is -0.141. The van der Waals surface area contributed by atoms with Crippen LogP contribution in [0.3, 0.4) is 0 Å². The maximum Gasteiger partial charge on any atom is 0.355 e. The molecule has 1 fully saturated rings. The van der Waals surface area contributed by atoms with Crippen LogP contribution in [0.2, 0.25) is 0 Å². The smallest absolute Gasteiger partial charge is 0.355 e. The molecule has 0 unspecified atom stereocenters. The van der Waals surface area contributed by atoms with Gasteiger partial charge in [0.25, 0.3) is 5.91 Å². The van der Waals surface area contributed by atoms with Crippen molar-refractivity contribution >= 4 is 21.9 Å². The molecule has 2 aromatic rings. The van der Waals surface area contributed by atoms with Crippen molar-refractivity contribution in [3.63, 3.8) is 0 Å². The molecule has 0 aliphatic carbocycles. The van der Waals surface area contributed by atoms with E-state index in [-0.39, 0.29) is 42.7 Å². The summed E-state index contributed by atoms with van der Waals surface area (Å²) in [6.07, 6.45) is 0.647. The average Bonchev–Trinajstić information content (AvgIpc) is 3.23. The first-order valence-electron chi connectivity index (χ1n) is 8.58. The predicted octanol–water partition coefficient (Wildman–Crippen LogP) is 1.09. The van der Waals surface area contributed by atoms with E-state index >= 15 is 0 Å². The topological polar surface area (TPSA) is 99.8 Å². The van der Waals surface area contributed by atoms with Crippen LogP contribution in [0.5, 0.6) is 0 Å². The van der Waals surface area contributed by atoms with Crippen molar-refractivity contribution in [2.24, 2.45) is 0 Å². The van der Waals surface area contributed by atoms with Crippen LogP contribution in [-0.4, -0.2) is 66.8 Å². The maximum absolute atomic E-state index is 12.6. The van der Waals surface area contributed by atoms with Crippen molar-refractivity contribution in [2.45, 2.75) is 17.9 Å². The number of hydrogen-bond donors (Lipinski definition) is 1. The first-order valence-corrected chi connectivity index (χ1v) is 10.0. The Bertz CT molecular complexity index is 888. The number of carbonyl (C=O) groups excluding carboxylic acids is 2. The van der Waals surface area contributed by atoms with E-state index in [9.17, 15) is 18.0 Å². The van der Waals surface area contributed by atoms with Gasteiger partial charge in [-0.1, -0.05) is 18.2 Å². The van der Waals surface area contributed by atoms with Crippen LogP contribution in [0, 0.1) is 0 Å². The molecule has 8 nitrogen and oxygen atoms in total. The van der Waals surface area contributed by atoms with Crippen molar-refractivity contribution in [3.05, 3.63) is 54.4 Å². The Morgan fingerprint density at radius 3 is 2.30 bits per heavy atom. The van der Waals surface area contributed by atoms with Crippen LogP contribution in [0.4, 0.5) is 0 Å². The fourth-order valence-electron chi connectivity index (χ4n) is 2.88. The molecule has 0 spiro atoms. The van der Waals surface area contributed by atoms with Crippen molar-refractivity contribution in [3.8, 4) is 0 Å². The Labute approximate surface area is 157 Å². The monoisotopic (exact) mass is 391 g/mol. The number of hydrogen-bond acceptors (Lipinski definition) is 5. The van der Waals surface area contributed by atoms with Gasteiger partial charge in [0.15, 0.2) is 6.10 Å².